The minimum atomic E-state index is -0.559. The Kier molecular flexibility index (Phi) is 6.82. The predicted molar refractivity (Wildman–Crippen MR) is 96.9 cm³/mol. The second kappa shape index (κ2) is 8.85. The van der Waals surface area contributed by atoms with E-state index in [9.17, 15) is 9.59 Å². The summed E-state index contributed by atoms with van der Waals surface area (Å²) in [7, 11) is 0. The molecule has 1 saturated heterocycles. The molecule has 1 aliphatic rings. The fraction of sp³-hybridized carbons (Fsp3) is 0.579. The molecule has 25 heavy (non-hydrogen) atoms. The molecule has 6 nitrogen and oxygen atoms in total. The molecule has 138 valence electrons. The van der Waals surface area contributed by atoms with E-state index >= 15 is 0 Å². The highest BCUT2D eigenvalue weighted by Crippen LogP contribution is 2.20. The van der Waals surface area contributed by atoms with Crippen molar-refractivity contribution in [3.8, 4) is 0 Å². The third-order valence-electron chi connectivity index (χ3n) is 4.01. The van der Waals surface area contributed by atoms with Crippen molar-refractivity contribution in [3.05, 3.63) is 35.9 Å². The van der Waals surface area contributed by atoms with Crippen LogP contribution in [0, 0.1) is 0 Å². The van der Waals surface area contributed by atoms with Gasteiger partial charge in [-0.25, -0.2) is 10.2 Å². The molecule has 0 bridgehead atoms. The third kappa shape index (κ3) is 6.38. The number of likely N-dealkylation sites (tertiary alicyclic amines) is 1. The van der Waals surface area contributed by atoms with Gasteiger partial charge in [0.15, 0.2) is 0 Å². The lowest BCUT2D eigenvalue weighted by Gasteiger charge is -2.28. The van der Waals surface area contributed by atoms with Gasteiger partial charge in [-0.05, 0) is 52.0 Å². The van der Waals surface area contributed by atoms with Gasteiger partial charge in [0.2, 0.25) is 0 Å². The summed E-state index contributed by atoms with van der Waals surface area (Å²) in [4.78, 5) is 26.1. The number of benzene rings is 1. The Morgan fingerprint density at radius 1 is 1.24 bits per heavy atom. The Morgan fingerprint density at radius 3 is 2.64 bits per heavy atom. The molecule has 1 unspecified atom stereocenters. The van der Waals surface area contributed by atoms with Gasteiger partial charge >= 0.3 is 6.09 Å². The van der Waals surface area contributed by atoms with E-state index in [0.717, 1.165) is 19.3 Å². The lowest BCUT2D eigenvalue weighted by molar-refractivity contribution is -0.126. The fourth-order valence-electron chi connectivity index (χ4n) is 2.84. The molecule has 0 spiro atoms. The topological polar surface area (TPSA) is 70.7 Å². The summed E-state index contributed by atoms with van der Waals surface area (Å²) in [6.45, 7) is 6.71. The van der Waals surface area contributed by atoms with Gasteiger partial charge in [-0.1, -0.05) is 30.3 Å². The molecule has 0 aliphatic carbocycles. The number of hydrogen-bond acceptors (Lipinski definition) is 4. The van der Waals surface area contributed by atoms with Crippen molar-refractivity contribution < 1.29 is 14.3 Å². The Labute approximate surface area is 149 Å². The second-order valence-corrected chi connectivity index (χ2v) is 7.34. The molecule has 0 radical (unpaired) electrons. The summed E-state index contributed by atoms with van der Waals surface area (Å²) in [5.74, 6) is -0.178. The molecule has 1 aromatic carbocycles. The van der Waals surface area contributed by atoms with E-state index in [4.69, 9.17) is 4.74 Å². The maximum atomic E-state index is 12.3. The average Bonchev–Trinajstić information content (AvgIpc) is 3.03. The Morgan fingerprint density at radius 2 is 1.96 bits per heavy atom. The number of carbonyl (C=O) groups is 2. The highest BCUT2D eigenvalue weighted by Gasteiger charge is 2.36. The van der Waals surface area contributed by atoms with Crippen molar-refractivity contribution >= 4 is 12.0 Å². The van der Waals surface area contributed by atoms with E-state index in [-0.39, 0.29) is 5.91 Å². The standard InChI is InChI=1S/C19H29N3O3/c1-19(2,3)25-18(24)22-14-8-12-16(22)17(23)21-20-13-7-11-15-9-5-4-6-10-15/h4-6,9-10,16,20H,7-8,11-14H2,1-3H3,(H,21,23). The predicted octanol–water partition coefficient (Wildman–Crippen LogP) is 2.64. The maximum Gasteiger partial charge on any atom is 0.410 e. The van der Waals surface area contributed by atoms with Gasteiger partial charge in [0.05, 0.1) is 0 Å². The monoisotopic (exact) mass is 347 g/mol. The molecule has 1 aliphatic heterocycles. The number of ether oxygens (including phenoxy) is 1. The van der Waals surface area contributed by atoms with Crippen LogP contribution in [0.2, 0.25) is 0 Å². The molecule has 1 fully saturated rings. The zero-order valence-corrected chi connectivity index (χ0v) is 15.4. The van der Waals surface area contributed by atoms with Crippen molar-refractivity contribution in [1.29, 1.82) is 0 Å². The zero-order valence-electron chi connectivity index (χ0n) is 15.4. The first-order chi connectivity index (χ1) is 11.9. The van der Waals surface area contributed by atoms with Gasteiger partial charge in [-0.3, -0.25) is 15.1 Å². The number of carbonyl (C=O) groups excluding carboxylic acids is 2. The summed E-state index contributed by atoms with van der Waals surface area (Å²) in [6.07, 6.45) is 2.93. The number of amides is 2. The minimum Gasteiger partial charge on any atom is -0.444 e. The quantitative estimate of drug-likeness (QED) is 0.613. The van der Waals surface area contributed by atoms with Crippen LogP contribution in [0.1, 0.15) is 45.6 Å². The lowest BCUT2D eigenvalue weighted by Crippen LogP contribution is -2.51. The molecule has 2 N–H and O–H groups in total. The molecule has 1 heterocycles. The minimum absolute atomic E-state index is 0.178. The summed E-state index contributed by atoms with van der Waals surface area (Å²) >= 11 is 0. The van der Waals surface area contributed by atoms with Gasteiger partial charge in [-0.15, -0.1) is 0 Å². The first kappa shape index (κ1) is 19.2. The summed E-state index contributed by atoms with van der Waals surface area (Å²) in [5, 5.41) is 0. The first-order valence-electron chi connectivity index (χ1n) is 8.93. The molecular weight excluding hydrogens is 318 g/mol. The number of rotatable bonds is 6. The first-order valence-corrected chi connectivity index (χ1v) is 8.93. The Hall–Kier alpha value is -2.08. The van der Waals surface area contributed by atoms with Gasteiger partial charge in [0.1, 0.15) is 11.6 Å². The Balaban J connectivity index is 1.71. The number of aryl methyl sites for hydroxylation is 1. The largest absolute Gasteiger partial charge is 0.444 e. The van der Waals surface area contributed by atoms with Crippen molar-refractivity contribution in [2.45, 2.75) is 58.1 Å². The smallest absolute Gasteiger partial charge is 0.410 e. The molecule has 1 aromatic rings. The van der Waals surface area contributed by atoms with Crippen LogP contribution in [0.25, 0.3) is 0 Å². The van der Waals surface area contributed by atoms with Gasteiger partial charge in [0, 0.05) is 13.1 Å². The highest BCUT2D eigenvalue weighted by molar-refractivity contribution is 5.85. The summed E-state index contributed by atoms with van der Waals surface area (Å²) < 4.78 is 5.38. The number of hydrogen-bond donors (Lipinski definition) is 2. The van der Waals surface area contributed by atoms with E-state index < -0.39 is 17.7 Å². The second-order valence-electron chi connectivity index (χ2n) is 7.34. The molecule has 0 aromatic heterocycles. The maximum absolute atomic E-state index is 12.3. The van der Waals surface area contributed by atoms with E-state index in [1.54, 1.807) is 0 Å². The fourth-order valence-corrected chi connectivity index (χ4v) is 2.84. The highest BCUT2D eigenvalue weighted by atomic mass is 16.6. The van der Waals surface area contributed by atoms with Gasteiger partial charge in [0.25, 0.3) is 5.91 Å². The van der Waals surface area contributed by atoms with Crippen molar-refractivity contribution in [3.63, 3.8) is 0 Å². The van der Waals surface area contributed by atoms with Crippen LogP contribution in [-0.4, -0.2) is 41.6 Å². The number of nitrogens with one attached hydrogen (secondary N) is 2. The zero-order chi connectivity index (χ0) is 18.3. The normalized spacial score (nSPS) is 17.4. The third-order valence-corrected chi connectivity index (χ3v) is 4.01. The molecule has 0 saturated carbocycles. The van der Waals surface area contributed by atoms with Crippen LogP contribution in [0.3, 0.4) is 0 Å². The molecular formula is C19H29N3O3. The van der Waals surface area contributed by atoms with E-state index in [1.807, 2.05) is 39.0 Å². The number of hydrazine groups is 1. The van der Waals surface area contributed by atoms with Crippen molar-refractivity contribution in [1.82, 2.24) is 15.8 Å². The molecule has 1 atom stereocenters. The average molecular weight is 347 g/mol. The van der Waals surface area contributed by atoms with Crippen LogP contribution in [0.5, 0.6) is 0 Å². The SMILES string of the molecule is CC(C)(C)OC(=O)N1CCCC1C(=O)NNCCCc1ccccc1. The van der Waals surface area contributed by atoms with E-state index in [2.05, 4.69) is 23.0 Å². The van der Waals surface area contributed by atoms with E-state index in [1.165, 1.54) is 10.5 Å². The van der Waals surface area contributed by atoms with Crippen LogP contribution < -0.4 is 10.9 Å². The van der Waals surface area contributed by atoms with Crippen LogP contribution in [-0.2, 0) is 16.0 Å². The lowest BCUT2D eigenvalue weighted by atomic mass is 10.1. The summed E-state index contributed by atoms with van der Waals surface area (Å²) in [5.41, 5.74) is 6.40. The number of nitrogens with zero attached hydrogens (tertiary/aromatic N) is 1. The van der Waals surface area contributed by atoms with Gasteiger partial charge < -0.3 is 4.74 Å². The van der Waals surface area contributed by atoms with Gasteiger partial charge in [-0.2, -0.15) is 0 Å². The molecule has 2 rings (SSSR count). The molecule has 6 heteroatoms. The van der Waals surface area contributed by atoms with Crippen LogP contribution in [0.4, 0.5) is 4.79 Å². The Bertz CT molecular complexity index is 569. The van der Waals surface area contributed by atoms with E-state index in [0.29, 0.717) is 19.5 Å². The van der Waals surface area contributed by atoms with Crippen molar-refractivity contribution in [2.24, 2.45) is 0 Å². The summed E-state index contributed by atoms with van der Waals surface area (Å²) in [6, 6.07) is 9.77. The van der Waals surface area contributed by atoms with Crippen LogP contribution in [0.15, 0.2) is 30.3 Å². The van der Waals surface area contributed by atoms with Crippen molar-refractivity contribution in [2.75, 3.05) is 13.1 Å². The van der Waals surface area contributed by atoms with Crippen LogP contribution >= 0.6 is 0 Å². The molecule has 2 amide bonds.